The van der Waals surface area contributed by atoms with Crippen LogP contribution in [0.15, 0.2) is 67.1 Å². The Morgan fingerprint density at radius 3 is 2.03 bits per heavy atom. The largest absolute Gasteiger partial charge is 0.487 e. The Kier molecular flexibility index (Phi) is 6.11. The quantitative estimate of drug-likeness (QED) is 0.231. The first-order chi connectivity index (χ1) is 15.4. The van der Waals surface area contributed by atoms with Gasteiger partial charge in [0, 0.05) is 4.47 Å². The standard InChI is InChI=1S/C24H19Br3N2O3/c25-17-7-1-13(2-8-17)12-32-22-18(26)9-14(10-19(22)27)11-28-29-23(30)20-15-3-4-16(6-5-15)21(20)24(29)31/h1-4,7-11,15-16,20-21H,5-6,12H2/b28-11-/t15-,16-,20-,21-/m0/s1. The third-order valence-corrected chi connectivity index (χ3v) is 8.08. The molecular formula is C24H19Br3N2O3. The lowest BCUT2D eigenvalue weighted by molar-refractivity contribution is -0.140. The van der Waals surface area contributed by atoms with Crippen LogP contribution in [-0.4, -0.2) is 23.0 Å². The van der Waals surface area contributed by atoms with Crippen molar-refractivity contribution in [2.45, 2.75) is 19.4 Å². The highest BCUT2D eigenvalue weighted by Gasteiger charge is 2.56. The van der Waals surface area contributed by atoms with Gasteiger partial charge in [0.2, 0.25) is 0 Å². The summed E-state index contributed by atoms with van der Waals surface area (Å²) in [5.41, 5.74) is 1.80. The number of hydrazone groups is 1. The zero-order chi connectivity index (χ0) is 22.4. The highest BCUT2D eigenvalue weighted by atomic mass is 79.9. The van der Waals surface area contributed by atoms with Crippen molar-refractivity contribution in [2.75, 3.05) is 0 Å². The van der Waals surface area contributed by atoms with Crippen LogP contribution in [0.5, 0.6) is 5.75 Å². The number of carbonyl (C=O) groups is 2. The number of hydrogen-bond donors (Lipinski definition) is 0. The molecule has 2 aromatic carbocycles. The van der Waals surface area contributed by atoms with E-state index in [0.29, 0.717) is 12.4 Å². The van der Waals surface area contributed by atoms with E-state index in [1.165, 1.54) is 0 Å². The van der Waals surface area contributed by atoms with Gasteiger partial charge in [0.1, 0.15) is 12.4 Å². The molecule has 0 aromatic heterocycles. The molecule has 1 saturated carbocycles. The zero-order valence-electron chi connectivity index (χ0n) is 16.9. The number of hydrogen-bond acceptors (Lipinski definition) is 4. The molecule has 1 heterocycles. The van der Waals surface area contributed by atoms with Gasteiger partial charge >= 0.3 is 0 Å². The van der Waals surface area contributed by atoms with Crippen molar-refractivity contribution in [2.24, 2.45) is 28.8 Å². The molecule has 4 aliphatic rings. The average molecular weight is 623 g/mol. The Labute approximate surface area is 211 Å². The van der Waals surface area contributed by atoms with Crippen molar-refractivity contribution in [3.8, 4) is 5.75 Å². The fraction of sp³-hybridized carbons (Fsp3) is 0.292. The van der Waals surface area contributed by atoms with Crippen molar-refractivity contribution in [1.82, 2.24) is 5.01 Å². The molecule has 1 aliphatic heterocycles. The molecule has 2 fully saturated rings. The minimum absolute atomic E-state index is 0.159. The van der Waals surface area contributed by atoms with E-state index in [-0.39, 0.29) is 35.5 Å². The normalized spacial score (nSPS) is 26.3. The maximum Gasteiger partial charge on any atom is 0.254 e. The number of ether oxygens (including phenoxy) is 1. The average Bonchev–Trinajstić information content (AvgIpc) is 3.06. The summed E-state index contributed by atoms with van der Waals surface area (Å²) in [5.74, 6) is 0.129. The number of halogens is 3. The highest BCUT2D eigenvalue weighted by Crippen LogP contribution is 2.49. The van der Waals surface area contributed by atoms with Crippen molar-refractivity contribution in [3.63, 3.8) is 0 Å². The number of benzene rings is 2. The van der Waals surface area contributed by atoms with Crippen molar-refractivity contribution in [3.05, 3.63) is 73.1 Å². The number of allylic oxidation sites excluding steroid dienone is 2. The SMILES string of the molecule is O=C1[C@@H]2[C@@H](C(=O)N1/N=C\c1cc(Br)c(OCc3ccc(Br)cc3)c(Br)c1)[C@H]1C=C[C@H]2CC1. The first-order valence-electron chi connectivity index (χ1n) is 10.4. The lowest BCUT2D eigenvalue weighted by Crippen LogP contribution is -2.38. The van der Waals surface area contributed by atoms with Crippen LogP contribution >= 0.6 is 47.8 Å². The number of nitrogens with zero attached hydrogens (tertiary/aromatic N) is 2. The molecule has 32 heavy (non-hydrogen) atoms. The van der Waals surface area contributed by atoms with E-state index in [1.807, 2.05) is 36.4 Å². The zero-order valence-corrected chi connectivity index (χ0v) is 21.6. The number of amides is 2. The van der Waals surface area contributed by atoms with Gasteiger partial charge < -0.3 is 4.74 Å². The van der Waals surface area contributed by atoms with Crippen molar-refractivity contribution >= 4 is 65.8 Å². The van der Waals surface area contributed by atoms with E-state index in [1.54, 1.807) is 6.21 Å². The maximum absolute atomic E-state index is 12.9. The lowest BCUT2D eigenvalue weighted by atomic mass is 9.63. The fourth-order valence-electron chi connectivity index (χ4n) is 4.82. The molecule has 2 aromatic rings. The Morgan fingerprint density at radius 1 is 0.938 bits per heavy atom. The molecule has 8 heteroatoms. The molecule has 0 N–H and O–H groups in total. The number of imide groups is 1. The minimum Gasteiger partial charge on any atom is -0.487 e. The molecule has 164 valence electrons. The van der Waals surface area contributed by atoms with Gasteiger partial charge in [-0.15, -0.1) is 0 Å². The second-order valence-electron chi connectivity index (χ2n) is 8.30. The van der Waals surface area contributed by atoms with E-state index in [9.17, 15) is 9.59 Å². The van der Waals surface area contributed by atoms with E-state index < -0.39 is 0 Å². The van der Waals surface area contributed by atoms with Gasteiger partial charge in [-0.2, -0.15) is 10.1 Å². The van der Waals surface area contributed by atoms with Gasteiger partial charge in [-0.1, -0.05) is 40.2 Å². The van der Waals surface area contributed by atoms with E-state index in [0.717, 1.165) is 42.4 Å². The summed E-state index contributed by atoms with van der Waals surface area (Å²) >= 11 is 10.5. The van der Waals surface area contributed by atoms with E-state index >= 15 is 0 Å². The summed E-state index contributed by atoms with van der Waals surface area (Å²) in [7, 11) is 0. The van der Waals surface area contributed by atoms with Crippen LogP contribution < -0.4 is 4.74 Å². The van der Waals surface area contributed by atoms with Crippen LogP contribution in [0, 0.1) is 23.7 Å². The van der Waals surface area contributed by atoms with Gasteiger partial charge in [-0.05, 0) is 91.9 Å². The molecule has 2 amide bonds. The molecule has 5 nitrogen and oxygen atoms in total. The fourth-order valence-corrected chi connectivity index (χ4v) is 6.54. The van der Waals surface area contributed by atoms with Crippen LogP contribution in [0.25, 0.3) is 0 Å². The van der Waals surface area contributed by atoms with Gasteiger partial charge in [-0.25, -0.2) is 0 Å². The first-order valence-corrected chi connectivity index (χ1v) is 12.8. The predicted octanol–water partition coefficient (Wildman–Crippen LogP) is 6.08. The topological polar surface area (TPSA) is 59.0 Å². The molecular weight excluding hydrogens is 604 g/mol. The Balaban J connectivity index is 1.31. The summed E-state index contributed by atoms with van der Waals surface area (Å²) < 4.78 is 8.50. The van der Waals surface area contributed by atoms with Crippen LogP contribution in [0.3, 0.4) is 0 Å². The molecule has 6 rings (SSSR count). The van der Waals surface area contributed by atoms with Crippen LogP contribution in [0.4, 0.5) is 0 Å². The van der Waals surface area contributed by atoms with Gasteiger partial charge in [0.25, 0.3) is 11.8 Å². The smallest absolute Gasteiger partial charge is 0.254 e. The number of fused-ring (bicyclic) bond motifs is 1. The number of carbonyl (C=O) groups excluding carboxylic acids is 2. The number of rotatable bonds is 5. The van der Waals surface area contributed by atoms with E-state index in [4.69, 9.17) is 4.74 Å². The Hall–Kier alpha value is -1.77. The molecule has 4 atom stereocenters. The molecule has 0 spiro atoms. The summed E-state index contributed by atoms with van der Waals surface area (Å²) in [4.78, 5) is 25.8. The maximum atomic E-state index is 12.9. The molecule has 3 aliphatic carbocycles. The van der Waals surface area contributed by atoms with Gasteiger partial charge in [0.05, 0.1) is 27.0 Å². The molecule has 0 unspecified atom stereocenters. The summed E-state index contributed by atoms with van der Waals surface area (Å²) in [5, 5.41) is 5.36. The van der Waals surface area contributed by atoms with Crippen LogP contribution in [-0.2, 0) is 16.2 Å². The van der Waals surface area contributed by atoms with Crippen LogP contribution in [0.1, 0.15) is 24.0 Å². The third kappa shape index (κ3) is 4.01. The minimum atomic E-state index is -0.253. The summed E-state index contributed by atoms with van der Waals surface area (Å²) in [6.45, 7) is 0.424. The van der Waals surface area contributed by atoms with Crippen molar-refractivity contribution in [1.29, 1.82) is 0 Å². The van der Waals surface area contributed by atoms with E-state index in [2.05, 4.69) is 65.0 Å². The second-order valence-corrected chi connectivity index (χ2v) is 10.9. The Bertz CT molecular complexity index is 1090. The summed E-state index contributed by atoms with van der Waals surface area (Å²) in [6, 6.07) is 11.7. The van der Waals surface area contributed by atoms with Gasteiger partial charge in [-0.3, -0.25) is 9.59 Å². The van der Waals surface area contributed by atoms with Crippen LogP contribution in [0.2, 0.25) is 0 Å². The third-order valence-electron chi connectivity index (χ3n) is 6.38. The monoisotopic (exact) mass is 620 g/mol. The summed E-state index contributed by atoms with van der Waals surface area (Å²) in [6.07, 6.45) is 7.71. The highest BCUT2D eigenvalue weighted by molar-refractivity contribution is 9.11. The molecule has 1 saturated heterocycles. The lowest BCUT2D eigenvalue weighted by Gasteiger charge is -2.37. The second kappa shape index (κ2) is 8.88. The van der Waals surface area contributed by atoms with Crippen molar-refractivity contribution < 1.29 is 14.3 Å². The molecule has 0 radical (unpaired) electrons. The Morgan fingerprint density at radius 2 is 1.50 bits per heavy atom. The van der Waals surface area contributed by atoms with Gasteiger partial charge in [0.15, 0.2) is 0 Å². The predicted molar refractivity (Wildman–Crippen MR) is 132 cm³/mol. The molecule has 2 bridgehead atoms. The first kappa shape index (κ1) is 22.0.